The summed E-state index contributed by atoms with van der Waals surface area (Å²) in [5.74, 6) is -4.57. The number of aliphatic hydroxyl groups is 1. The van der Waals surface area contributed by atoms with Gasteiger partial charge in [-0.3, -0.25) is 0 Å². The van der Waals surface area contributed by atoms with Gasteiger partial charge in [0.25, 0.3) is 0 Å². The van der Waals surface area contributed by atoms with Crippen LogP contribution in [0.15, 0.2) is 139 Å². The summed E-state index contributed by atoms with van der Waals surface area (Å²) in [5, 5.41) is 33.2. The van der Waals surface area contributed by atoms with Gasteiger partial charge in [-0.1, -0.05) is 54.6 Å². The van der Waals surface area contributed by atoms with E-state index >= 15 is 0 Å². The van der Waals surface area contributed by atoms with Gasteiger partial charge in [0.05, 0.1) is 16.7 Å². The summed E-state index contributed by atoms with van der Waals surface area (Å²) >= 11 is 0. The molecule has 0 fully saturated rings. The van der Waals surface area contributed by atoms with Gasteiger partial charge in [0, 0.05) is 11.8 Å². The van der Waals surface area contributed by atoms with Crippen molar-refractivity contribution in [3.63, 3.8) is 0 Å². The summed E-state index contributed by atoms with van der Waals surface area (Å²) < 4.78 is 16.8. The SMILES string of the molecule is O=C(OC1=CC2c3cc(O)c(OC(=O)c4ccccc4)cc3-c3cc(O)c(OC(=O)c4ccccc4)cc3C2C=C1O)c1ccccc1. The van der Waals surface area contributed by atoms with Crippen LogP contribution in [0.3, 0.4) is 0 Å². The fraction of sp³-hybridized carbons (Fsp3) is 0.0513. The normalized spacial score (nSPS) is 15.8. The molecule has 0 saturated carbocycles. The second-order valence-electron chi connectivity index (χ2n) is 11.2. The van der Waals surface area contributed by atoms with E-state index in [1.54, 1.807) is 97.1 Å². The van der Waals surface area contributed by atoms with Crippen molar-refractivity contribution in [2.75, 3.05) is 0 Å². The maximum Gasteiger partial charge on any atom is 0.343 e. The van der Waals surface area contributed by atoms with Crippen molar-refractivity contribution in [3.05, 3.63) is 167 Å². The van der Waals surface area contributed by atoms with E-state index < -0.39 is 29.7 Å². The largest absolute Gasteiger partial charge is 0.504 e. The number of rotatable bonds is 6. The summed E-state index contributed by atoms with van der Waals surface area (Å²) in [5.41, 5.74) is 2.88. The van der Waals surface area contributed by atoms with Crippen LogP contribution in [0.25, 0.3) is 11.1 Å². The molecule has 2 atom stereocenters. The van der Waals surface area contributed by atoms with Crippen LogP contribution in [-0.2, 0) is 4.74 Å². The maximum absolute atomic E-state index is 12.9. The lowest BCUT2D eigenvalue weighted by atomic mass is 9.69. The number of ether oxygens (including phenoxy) is 3. The number of aliphatic hydroxyl groups excluding tert-OH is 1. The molecule has 48 heavy (non-hydrogen) atoms. The molecule has 3 N–H and O–H groups in total. The highest BCUT2D eigenvalue weighted by Crippen LogP contribution is 2.55. The number of carbonyl (C=O) groups is 3. The Bertz CT molecular complexity index is 2140. The van der Waals surface area contributed by atoms with Gasteiger partial charge in [0.1, 0.15) is 0 Å². The number of aromatic hydroxyl groups is 2. The zero-order valence-electron chi connectivity index (χ0n) is 25.1. The first-order valence-electron chi connectivity index (χ1n) is 15.0. The average Bonchev–Trinajstić information content (AvgIpc) is 3.11. The van der Waals surface area contributed by atoms with Crippen LogP contribution in [-0.4, -0.2) is 33.2 Å². The third kappa shape index (κ3) is 5.65. The predicted molar refractivity (Wildman–Crippen MR) is 174 cm³/mol. The monoisotopic (exact) mass is 638 g/mol. The molecule has 2 unspecified atom stereocenters. The van der Waals surface area contributed by atoms with Gasteiger partial charge >= 0.3 is 17.9 Å². The van der Waals surface area contributed by atoms with Crippen molar-refractivity contribution >= 4 is 17.9 Å². The van der Waals surface area contributed by atoms with Gasteiger partial charge in [0.15, 0.2) is 34.5 Å². The molecule has 0 aromatic heterocycles. The van der Waals surface area contributed by atoms with E-state index in [2.05, 4.69) is 0 Å². The molecule has 2 aliphatic carbocycles. The Hall–Kier alpha value is -6.61. The van der Waals surface area contributed by atoms with Crippen molar-refractivity contribution < 1.29 is 43.9 Å². The van der Waals surface area contributed by atoms with E-state index in [0.29, 0.717) is 22.3 Å². The molecule has 0 bridgehead atoms. The molecule has 0 saturated heterocycles. The standard InChI is InChI=1S/C39H26O9/c40-31-16-25-28(19-34(31)46-37(43)22-10-4-1-5-11-22)26-17-32(41)36(48-39(45)24-14-8-3-9-15-24)21-30(26)27-18-33(42)35(20-29(25)27)47-38(44)23-12-6-2-7-13-23/h1-21,25,28,40-42H. The maximum atomic E-state index is 12.9. The summed E-state index contributed by atoms with van der Waals surface area (Å²) in [6.07, 6.45) is 3.07. The number of phenols is 2. The predicted octanol–water partition coefficient (Wildman–Crippen LogP) is 7.58. The molecule has 0 spiro atoms. The molecule has 0 heterocycles. The Morgan fingerprint density at radius 2 is 0.896 bits per heavy atom. The van der Waals surface area contributed by atoms with Crippen molar-refractivity contribution in [2.24, 2.45) is 0 Å². The van der Waals surface area contributed by atoms with Crippen LogP contribution >= 0.6 is 0 Å². The minimum atomic E-state index is -0.689. The number of esters is 3. The summed E-state index contributed by atoms with van der Waals surface area (Å²) in [7, 11) is 0. The average molecular weight is 639 g/mol. The highest BCUT2D eigenvalue weighted by Gasteiger charge is 2.38. The van der Waals surface area contributed by atoms with Gasteiger partial charge < -0.3 is 29.5 Å². The van der Waals surface area contributed by atoms with Crippen LogP contribution in [0.4, 0.5) is 0 Å². The van der Waals surface area contributed by atoms with E-state index in [0.717, 1.165) is 0 Å². The molecular formula is C39H26O9. The Kier molecular flexibility index (Phi) is 7.70. The van der Waals surface area contributed by atoms with Gasteiger partial charge in [-0.15, -0.1) is 0 Å². The van der Waals surface area contributed by atoms with Gasteiger partial charge in [-0.05, 0) is 95.1 Å². The lowest BCUT2D eigenvalue weighted by Crippen LogP contribution is -2.21. The molecule has 0 amide bonds. The molecule has 7 rings (SSSR count). The Balaban J connectivity index is 1.32. The molecule has 0 aliphatic heterocycles. The Labute approximate surface area is 274 Å². The molecule has 5 aromatic carbocycles. The zero-order chi connectivity index (χ0) is 33.4. The topological polar surface area (TPSA) is 140 Å². The van der Waals surface area contributed by atoms with Crippen LogP contribution in [0.1, 0.15) is 54.0 Å². The first-order chi connectivity index (χ1) is 23.3. The summed E-state index contributed by atoms with van der Waals surface area (Å²) in [6, 6.07) is 30.7. The van der Waals surface area contributed by atoms with Crippen LogP contribution in [0, 0.1) is 0 Å². The van der Waals surface area contributed by atoms with Crippen LogP contribution in [0.2, 0.25) is 0 Å². The first kappa shape index (κ1) is 30.1. The van der Waals surface area contributed by atoms with Gasteiger partial charge in [-0.2, -0.15) is 0 Å². The molecule has 0 radical (unpaired) electrons. The van der Waals surface area contributed by atoms with Gasteiger partial charge in [0.2, 0.25) is 0 Å². The van der Waals surface area contributed by atoms with Crippen molar-refractivity contribution in [1.82, 2.24) is 0 Å². The smallest absolute Gasteiger partial charge is 0.343 e. The van der Waals surface area contributed by atoms with E-state index in [1.807, 2.05) is 0 Å². The van der Waals surface area contributed by atoms with E-state index in [9.17, 15) is 29.7 Å². The first-order valence-corrected chi connectivity index (χ1v) is 15.0. The quantitative estimate of drug-likeness (QED) is 0.127. The molecule has 9 heteroatoms. The second-order valence-corrected chi connectivity index (χ2v) is 11.2. The van der Waals surface area contributed by atoms with Crippen molar-refractivity contribution in [1.29, 1.82) is 0 Å². The molecule has 5 aromatic rings. The lowest BCUT2D eigenvalue weighted by molar-refractivity contribution is 0.0608. The van der Waals surface area contributed by atoms with Crippen LogP contribution < -0.4 is 9.47 Å². The molecule has 236 valence electrons. The number of phenolic OH excluding ortho intramolecular Hbond substituents is 2. The molecule has 2 aliphatic rings. The number of allylic oxidation sites excluding steroid dienone is 2. The number of benzene rings is 5. The van der Waals surface area contributed by atoms with E-state index in [4.69, 9.17) is 14.2 Å². The van der Waals surface area contributed by atoms with Gasteiger partial charge in [-0.25, -0.2) is 14.4 Å². The molecular weight excluding hydrogens is 612 g/mol. The van der Waals surface area contributed by atoms with E-state index in [1.165, 1.54) is 30.3 Å². The zero-order valence-corrected chi connectivity index (χ0v) is 25.1. The molecule has 9 nitrogen and oxygen atoms in total. The third-order valence-corrected chi connectivity index (χ3v) is 8.21. The Morgan fingerprint density at radius 3 is 1.44 bits per heavy atom. The van der Waals surface area contributed by atoms with Crippen molar-refractivity contribution in [2.45, 2.75) is 11.8 Å². The second kappa shape index (κ2) is 12.3. The fourth-order valence-electron chi connectivity index (χ4n) is 5.91. The third-order valence-electron chi connectivity index (χ3n) is 8.21. The fourth-order valence-corrected chi connectivity index (χ4v) is 5.91. The number of hydrogen-bond donors (Lipinski definition) is 3. The highest BCUT2D eigenvalue weighted by atomic mass is 16.6. The van der Waals surface area contributed by atoms with E-state index in [-0.39, 0.29) is 51.2 Å². The number of fused-ring (bicyclic) bond motifs is 6. The number of hydrogen-bond acceptors (Lipinski definition) is 9. The summed E-state index contributed by atoms with van der Waals surface area (Å²) in [4.78, 5) is 38.7. The number of carbonyl (C=O) groups excluding carboxylic acids is 3. The summed E-state index contributed by atoms with van der Waals surface area (Å²) in [6.45, 7) is 0. The minimum absolute atomic E-state index is 0.0897. The minimum Gasteiger partial charge on any atom is -0.504 e. The highest BCUT2D eigenvalue weighted by molar-refractivity contribution is 5.93. The van der Waals surface area contributed by atoms with Crippen LogP contribution in [0.5, 0.6) is 23.0 Å². The van der Waals surface area contributed by atoms with Crippen molar-refractivity contribution in [3.8, 4) is 34.1 Å². The Morgan fingerprint density at radius 1 is 0.479 bits per heavy atom. The lowest BCUT2D eigenvalue weighted by Gasteiger charge is -2.35.